The van der Waals surface area contributed by atoms with Crippen LogP contribution < -0.4 is 9.39 Å². The van der Waals surface area contributed by atoms with Gasteiger partial charge in [0.2, 0.25) is 0 Å². The van der Waals surface area contributed by atoms with Crippen LogP contribution in [0.3, 0.4) is 0 Å². The minimum Gasteiger partial charge on any atom is -0.669 e. The van der Waals surface area contributed by atoms with Gasteiger partial charge >= 0.3 is 12.7 Å². The normalized spacial score (nSPS) is 28.5. The number of hydrogen-bond donors (Lipinski definition) is 3. The average Bonchev–Trinajstić information content (AvgIpc) is 3.01. The topological polar surface area (TPSA) is 96.2 Å². The van der Waals surface area contributed by atoms with Crippen molar-refractivity contribution in [3.63, 3.8) is 0 Å². The molecule has 3 aliphatic rings. The minimum absolute atomic E-state index is 0.0113. The van der Waals surface area contributed by atoms with E-state index in [9.17, 15) is 19.9 Å². The number of aromatic carboxylic acids is 1. The van der Waals surface area contributed by atoms with Gasteiger partial charge in [-0.2, -0.15) is 0 Å². The molecule has 1 saturated carbocycles. The van der Waals surface area contributed by atoms with E-state index in [1.165, 1.54) is 0 Å². The molecule has 0 spiro atoms. The van der Waals surface area contributed by atoms with Crippen molar-refractivity contribution in [2.75, 3.05) is 6.61 Å². The van der Waals surface area contributed by atoms with Gasteiger partial charge in [0.05, 0.1) is 12.4 Å². The van der Waals surface area contributed by atoms with Crippen molar-refractivity contribution in [2.45, 2.75) is 24.6 Å². The maximum Gasteiger partial charge on any atom is 0.434 e. The summed E-state index contributed by atoms with van der Waals surface area (Å²) in [4.78, 5) is 11.4. The Morgan fingerprint density at radius 2 is 2.16 bits per heavy atom. The molecule has 1 aromatic rings. The van der Waals surface area contributed by atoms with Crippen LogP contribution in [-0.4, -0.2) is 34.5 Å². The molecule has 0 radical (unpaired) electrons. The molecule has 100 valence electrons. The molecular formula is C12H12BO6-. The lowest BCUT2D eigenvalue weighted by Crippen LogP contribution is -2.45. The number of ether oxygens (including phenoxy) is 1. The Morgan fingerprint density at radius 1 is 1.37 bits per heavy atom. The summed E-state index contributed by atoms with van der Waals surface area (Å²) in [7, 11) is 0. The van der Waals surface area contributed by atoms with Gasteiger partial charge in [-0.1, -0.05) is 12.2 Å². The fourth-order valence-electron chi connectivity index (χ4n) is 3.25. The Kier molecular flexibility index (Phi) is 1.89. The average molecular weight is 263 g/mol. The lowest BCUT2D eigenvalue weighted by atomic mass is 9.68. The van der Waals surface area contributed by atoms with Crippen molar-refractivity contribution in [1.82, 2.24) is 0 Å². The Labute approximate surface area is 108 Å². The number of rotatable bonds is 1. The molecule has 6 nitrogen and oxygen atoms in total. The molecule has 4 rings (SSSR count). The number of benzene rings is 1. The number of carbonyl (C=O) groups is 1. The highest BCUT2D eigenvalue weighted by Gasteiger charge is 2.55. The summed E-state index contributed by atoms with van der Waals surface area (Å²) in [5, 5.41) is 29.1. The molecule has 1 aliphatic carbocycles. The Morgan fingerprint density at radius 3 is 2.89 bits per heavy atom. The van der Waals surface area contributed by atoms with Gasteiger partial charge in [-0.15, -0.1) is 0 Å². The predicted molar refractivity (Wildman–Crippen MR) is 64.5 cm³/mol. The fraction of sp³-hybridized carbons (Fsp3) is 0.417. The smallest absolute Gasteiger partial charge is 0.434 e. The van der Waals surface area contributed by atoms with E-state index in [-0.39, 0.29) is 23.0 Å². The van der Waals surface area contributed by atoms with Crippen LogP contribution >= 0.6 is 0 Å². The van der Waals surface area contributed by atoms with Crippen LogP contribution in [0, 0.1) is 0 Å². The van der Waals surface area contributed by atoms with E-state index in [1.807, 2.05) is 6.07 Å². The van der Waals surface area contributed by atoms with Gasteiger partial charge in [0, 0.05) is 6.42 Å². The summed E-state index contributed by atoms with van der Waals surface area (Å²) < 4.78 is 10.6. The van der Waals surface area contributed by atoms with Gasteiger partial charge in [-0.3, -0.25) is 0 Å². The molecule has 0 amide bonds. The first kappa shape index (κ1) is 11.1. The van der Waals surface area contributed by atoms with Gasteiger partial charge < -0.3 is 24.5 Å². The van der Waals surface area contributed by atoms with Crippen molar-refractivity contribution in [2.24, 2.45) is 0 Å². The van der Waals surface area contributed by atoms with Crippen LogP contribution in [0.5, 0.6) is 11.5 Å². The first-order valence-electron chi connectivity index (χ1n) is 6.33. The van der Waals surface area contributed by atoms with E-state index in [1.54, 1.807) is 0 Å². The van der Waals surface area contributed by atoms with E-state index in [2.05, 4.69) is 0 Å². The lowest BCUT2D eigenvalue weighted by molar-refractivity contribution is 0.0689. The van der Waals surface area contributed by atoms with Gasteiger partial charge in [0.25, 0.3) is 0 Å². The molecule has 19 heavy (non-hydrogen) atoms. The van der Waals surface area contributed by atoms with E-state index in [0.717, 1.165) is 11.1 Å². The highest BCUT2D eigenvalue weighted by molar-refractivity contribution is 6.62. The van der Waals surface area contributed by atoms with Crippen LogP contribution in [0.4, 0.5) is 0 Å². The molecule has 2 atom stereocenters. The zero-order chi connectivity index (χ0) is 13.4. The molecule has 1 aromatic carbocycles. The Hall–Kier alpha value is -1.73. The van der Waals surface area contributed by atoms with Crippen molar-refractivity contribution in [3.05, 3.63) is 22.8 Å². The zero-order valence-electron chi connectivity index (χ0n) is 10.00. The van der Waals surface area contributed by atoms with Crippen LogP contribution in [0.1, 0.15) is 33.8 Å². The zero-order valence-corrected chi connectivity index (χ0v) is 10.00. The molecule has 0 aromatic heterocycles. The summed E-state index contributed by atoms with van der Waals surface area (Å²) in [6, 6.07) is 1.89. The highest BCUT2D eigenvalue weighted by atomic mass is 16.6. The third kappa shape index (κ3) is 1.37. The number of hydrogen-bond acceptors (Lipinski definition) is 5. The van der Waals surface area contributed by atoms with Gasteiger partial charge in [-0.25, -0.2) is 4.79 Å². The van der Waals surface area contributed by atoms with Crippen LogP contribution in [0.25, 0.3) is 0 Å². The van der Waals surface area contributed by atoms with Gasteiger partial charge in [-0.05, 0) is 23.1 Å². The highest BCUT2D eigenvalue weighted by Crippen LogP contribution is 2.63. The number of fused-ring (bicyclic) bond motifs is 4. The molecule has 2 aliphatic heterocycles. The van der Waals surface area contributed by atoms with E-state index in [4.69, 9.17) is 9.39 Å². The van der Waals surface area contributed by atoms with Crippen molar-refractivity contribution in [3.8, 4) is 11.5 Å². The molecule has 3 N–H and O–H groups in total. The molecule has 0 saturated heterocycles. The Bertz CT molecular complexity index is 611. The Balaban J connectivity index is 1.98. The van der Waals surface area contributed by atoms with Crippen LogP contribution in [0.15, 0.2) is 6.07 Å². The number of carboxylic acids is 1. The quantitative estimate of drug-likeness (QED) is 0.638. The molecule has 0 bridgehead atoms. The molecule has 2 heterocycles. The van der Waals surface area contributed by atoms with E-state index >= 15 is 0 Å². The summed E-state index contributed by atoms with van der Waals surface area (Å²) in [6.07, 6.45) is 1.30. The van der Waals surface area contributed by atoms with Crippen molar-refractivity contribution < 1.29 is 29.3 Å². The molecule has 7 heteroatoms. The fourth-order valence-corrected chi connectivity index (χ4v) is 3.25. The van der Waals surface area contributed by atoms with Gasteiger partial charge in [0.1, 0.15) is 11.3 Å². The third-order valence-corrected chi connectivity index (χ3v) is 4.26. The maximum absolute atomic E-state index is 11.4. The standard InChI is InChI=1S/C12H12BO6/c14-12(15)9-10-5(1-2-18-10)3-7-6-4-8(6)13(16,17)19-11(7)9/h3,6,8,16-17H,1-2,4H2,(H,14,15)/q-1. The lowest BCUT2D eigenvalue weighted by Gasteiger charge is -2.37. The second kappa shape index (κ2) is 3.23. The molecule has 2 unspecified atom stereocenters. The predicted octanol–water partition coefficient (Wildman–Crippen LogP) is 0.493. The SMILES string of the molecule is O=C(O)c1c2c(cc3c1O[B-](O)(O)C1CC31)CCO2. The van der Waals surface area contributed by atoms with Crippen molar-refractivity contribution in [1.29, 1.82) is 0 Å². The van der Waals surface area contributed by atoms with E-state index in [0.29, 0.717) is 25.2 Å². The maximum atomic E-state index is 11.4. The summed E-state index contributed by atoms with van der Waals surface area (Å²) >= 11 is 0. The van der Waals surface area contributed by atoms with Gasteiger partial charge in [0.15, 0.2) is 0 Å². The van der Waals surface area contributed by atoms with Crippen LogP contribution in [-0.2, 0) is 6.42 Å². The first-order valence-corrected chi connectivity index (χ1v) is 6.33. The third-order valence-electron chi connectivity index (χ3n) is 4.26. The van der Waals surface area contributed by atoms with Crippen molar-refractivity contribution >= 4 is 12.7 Å². The van der Waals surface area contributed by atoms with E-state index < -0.39 is 12.7 Å². The minimum atomic E-state index is -2.97. The largest absolute Gasteiger partial charge is 0.669 e. The first-order chi connectivity index (χ1) is 8.99. The molecular weight excluding hydrogens is 251 g/mol. The monoisotopic (exact) mass is 263 g/mol. The summed E-state index contributed by atoms with van der Waals surface area (Å²) in [5.41, 5.74) is 1.55. The summed E-state index contributed by atoms with van der Waals surface area (Å²) in [6.45, 7) is -2.52. The number of carboxylic acid groups (broad SMARTS) is 1. The summed E-state index contributed by atoms with van der Waals surface area (Å²) in [5.74, 6) is -1.12. The second-order valence-electron chi connectivity index (χ2n) is 5.45. The second-order valence-corrected chi connectivity index (χ2v) is 5.45. The molecule has 1 fully saturated rings. The van der Waals surface area contributed by atoms with Crippen LogP contribution in [0.2, 0.25) is 5.82 Å².